The van der Waals surface area contributed by atoms with Crippen molar-refractivity contribution in [3.63, 3.8) is 0 Å². The molecule has 5 nitrogen and oxygen atoms in total. The maximum Gasteiger partial charge on any atom is 0.240 e. The van der Waals surface area contributed by atoms with Crippen LogP contribution in [0.2, 0.25) is 0 Å². The summed E-state index contributed by atoms with van der Waals surface area (Å²) in [5, 5.41) is 3.94. The van der Waals surface area contributed by atoms with E-state index in [1.165, 1.54) is 0 Å². The molecule has 0 spiro atoms. The van der Waals surface area contributed by atoms with Gasteiger partial charge in [0.05, 0.1) is 24.9 Å². The zero-order valence-corrected chi connectivity index (χ0v) is 13.5. The van der Waals surface area contributed by atoms with Crippen molar-refractivity contribution >= 4 is 28.1 Å². The van der Waals surface area contributed by atoms with Gasteiger partial charge < -0.3 is 9.47 Å². The molecule has 0 bridgehead atoms. The van der Waals surface area contributed by atoms with Gasteiger partial charge in [0.25, 0.3) is 0 Å². The van der Waals surface area contributed by atoms with Crippen LogP contribution in [0.4, 0.5) is 0 Å². The Labute approximate surface area is 127 Å². The van der Waals surface area contributed by atoms with E-state index in [0.717, 1.165) is 22.9 Å². The Hall–Kier alpha value is -1.56. The summed E-state index contributed by atoms with van der Waals surface area (Å²) >= 11 is 3.43. The molecule has 0 aliphatic heterocycles. The number of methoxy groups -OCH3 is 2. The van der Waals surface area contributed by atoms with Crippen molar-refractivity contribution in [3.05, 3.63) is 22.2 Å². The number of benzene rings is 1. The topological polar surface area (TPSA) is 59.9 Å². The van der Waals surface area contributed by atoms with Crippen LogP contribution in [-0.4, -0.2) is 26.3 Å². The van der Waals surface area contributed by atoms with Gasteiger partial charge in [0.2, 0.25) is 5.91 Å². The van der Waals surface area contributed by atoms with E-state index in [-0.39, 0.29) is 5.91 Å². The van der Waals surface area contributed by atoms with Gasteiger partial charge in [-0.15, -0.1) is 0 Å². The highest BCUT2D eigenvalue weighted by Gasteiger charge is 2.11. The first-order chi connectivity index (χ1) is 9.63. The third-order valence-electron chi connectivity index (χ3n) is 2.67. The third kappa shape index (κ3) is 4.52. The first-order valence-corrected chi connectivity index (χ1v) is 7.15. The maximum absolute atomic E-state index is 11.4. The second kappa shape index (κ2) is 8.58. The number of ether oxygens (including phenoxy) is 2. The van der Waals surface area contributed by atoms with Crippen molar-refractivity contribution < 1.29 is 14.3 Å². The number of carbonyl (C=O) groups excluding carboxylic acids is 1. The number of nitrogens with one attached hydrogen (secondary N) is 1. The van der Waals surface area contributed by atoms with Crippen molar-refractivity contribution in [3.8, 4) is 11.5 Å². The average Bonchev–Trinajstić information content (AvgIpc) is 2.46. The Balaban J connectivity index is 2.75. The summed E-state index contributed by atoms with van der Waals surface area (Å²) in [6.07, 6.45) is 3.90. The largest absolute Gasteiger partial charge is 0.493 e. The summed E-state index contributed by atoms with van der Waals surface area (Å²) in [5.74, 6) is 1.14. The number of hydrogen-bond donors (Lipinski definition) is 1. The van der Waals surface area contributed by atoms with Crippen LogP contribution in [0.1, 0.15) is 31.7 Å². The van der Waals surface area contributed by atoms with E-state index >= 15 is 0 Å². The fourth-order valence-corrected chi connectivity index (χ4v) is 2.16. The molecule has 0 atom stereocenters. The molecule has 1 amide bonds. The van der Waals surface area contributed by atoms with Crippen molar-refractivity contribution in [1.82, 2.24) is 5.43 Å². The third-order valence-corrected chi connectivity index (χ3v) is 3.48. The summed E-state index contributed by atoms with van der Waals surface area (Å²) in [6.45, 7) is 2.04. The minimum atomic E-state index is -0.0836. The molecule has 0 saturated carbocycles. The minimum Gasteiger partial charge on any atom is -0.493 e. The second-order valence-corrected chi connectivity index (χ2v) is 4.89. The first-order valence-electron chi connectivity index (χ1n) is 6.36. The number of rotatable bonds is 7. The number of carbonyl (C=O) groups is 1. The molecule has 0 saturated heterocycles. The number of amides is 1. The first kappa shape index (κ1) is 16.5. The van der Waals surface area contributed by atoms with Crippen molar-refractivity contribution in [1.29, 1.82) is 0 Å². The molecule has 0 fully saturated rings. The van der Waals surface area contributed by atoms with Gasteiger partial charge in [0, 0.05) is 12.0 Å². The molecular formula is C14H19BrN2O3. The lowest BCUT2D eigenvalue weighted by molar-refractivity contribution is -0.121. The Morgan fingerprint density at radius 1 is 1.40 bits per heavy atom. The van der Waals surface area contributed by atoms with Gasteiger partial charge in [0.15, 0.2) is 11.5 Å². The van der Waals surface area contributed by atoms with Crippen LogP contribution in [0.25, 0.3) is 0 Å². The van der Waals surface area contributed by atoms with Crippen LogP contribution < -0.4 is 14.9 Å². The van der Waals surface area contributed by atoms with Gasteiger partial charge in [-0.25, -0.2) is 5.43 Å². The molecule has 1 aromatic carbocycles. The van der Waals surface area contributed by atoms with Crippen LogP contribution in [0.15, 0.2) is 21.7 Å². The van der Waals surface area contributed by atoms with Gasteiger partial charge in [-0.1, -0.05) is 13.3 Å². The van der Waals surface area contributed by atoms with E-state index in [0.29, 0.717) is 17.9 Å². The Bertz CT molecular complexity index is 490. The molecule has 1 N–H and O–H groups in total. The Morgan fingerprint density at radius 3 is 2.75 bits per heavy atom. The zero-order chi connectivity index (χ0) is 15.0. The predicted octanol–water partition coefficient (Wildman–Crippen LogP) is 3.11. The van der Waals surface area contributed by atoms with E-state index < -0.39 is 0 Å². The van der Waals surface area contributed by atoms with E-state index in [1.807, 2.05) is 13.0 Å². The van der Waals surface area contributed by atoms with E-state index in [4.69, 9.17) is 9.47 Å². The number of halogens is 1. The molecule has 0 aliphatic rings. The lowest BCUT2D eigenvalue weighted by Gasteiger charge is -2.10. The standard InChI is InChI=1S/C14H19BrN2O3/c1-4-5-6-12(18)17-16-9-10-7-8-11(19-2)14(20-3)13(10)15/h7-9H,4-6H2,1-3H3,(H,17,18)/b16-9+. The number of hydrazone groups is 1. The van der Waals surface area contributed by atoms with Crippen LogP contribution >= 0.6 is 15.9 Å². The van der Waals surface area contributed by atoms with Crippen molar-refractivity contribution in [2.75, 3.05) is 14.2 Å². The molecule has 1 rings (SSSR count). The van der Waals surface area contributed by atoms with Gasteiger partial charge in [-0.3, -0.25) is 4.79 Å². The highest BCUT2D eigenvalue weighted by molar-refractivity contribution is 9.10. The van der Waals surface area contributed by atoms with Crippen LogP contribution in [0.5, 0.6) is 11.5 Å². The summed E-state index contributed by atoms with van der Waals surface area (Å²) < 4.78 is 11.2. The quantitative estimate of drug-likeness (QED) is 0.611. The number of nitrogens with zero attached hydrogens (tertiary/aromatic N) is 1. The fraction of sp³-hybridized carbons (Fsp3) is 0.429. The van der Waals surface area contributed by atoms with E-state index in [2.05, 4.69) is 26.5 Å². The van der Waals surface area contributed by atoms with Gasteiger partial charge in [-0.2, -0.15) is 5.10 Å². The Morgan fingerprint density at radius 2 is 2.15 bits per heavy atom. The summed E-state index contributed by atoms with van der Waals surface area (Å²) in [7, 11) is 3.14. The molecule has 20 heavy (non-hydrogen) atoms. The SMILES string of the molecule is CCCCC(=O)N/N=C/c1ccc(OC)c(OC)c1Br. The predicted molar refractivity (Wildman–Crippen MR) is 82.5 cm³/mol. The normalized spacial score (nSPS) is 10.6. The van der Waals surface area contributed by atoms with E-state index in [9.17, 15) is 4.79 Å². The fourth-order valence-electron chi connectivity index (χ4n) is 1.57. The highest BCUT2D eigenvalue weighted by atomic mass is 79.9. The summed E-state index contributed by atoms with van der Waals surface area (Å²) in [6, 6.07) is 3.61. The summed E-state index contributed by atoms with van der Waals surface area (Å²) in [5.41, 5.74) is 3.29. The van der Waals surface area contributed by atoms with Gasteiger partial charge in [0.1, 0.15) is 0 Å². The van der Waals surface area contributed by atoms with Crippen LogP contribution in [0, 0.1) is 0 Å². The molecule has 0 aliphatic carbocycles. The molecule has 0 radical (unpaired) electrons. The summed E-state index contributed by atoms with van der Waals surface area (Å²) in [4.78, 5) is 11.4. The molecule has 0 heterocycles. The molecule has 6 heteroatoms. The maximum atomic E-state index is 11.4. The van der Waals surface area contributed by atoms with Crippen LogP contribution in [0.3, 0.4) is 0 Å². The van der Waals surface area contributed by atoms with Gasteiger partial charge in [-0.05, 0) is 34.5 Å². The van der Waals surface area contributed by atoms with Crippen molar-refractivity contribution in [2.24, 2.45) is 5.10 Å². The average molecular weight is 343 g/mol. The monoisotopic (exact) mass is 342 g/mol. The Kier molecular flexibility index (Phi) is 7.08. The smallest absolute Gasteiger partial charge is 0.240 e. The number of hydrogen-bond acceptors (Lipinski definition) is 4. The number of unbranched alkanes of at least 4 members (excludes halogenated alkanes) is 1. The lowest BCUT2D eigenvalue weighted by atomic mass is 10.2. The van der Waals surface area contributed by atoms with Gasteiger partial charge >= 0.3 is 0 Å². The molecule has 0 aromatic heterocycles. The molecule has 0 unspecified atom stereocenters. The second-order valence-electron chi connectivity index (χ2n) is 4.10. The molecule has 1 aromatic rings. The lowest BCUT2D eigenvalue weighted by Crippen LogP contribution is -2.16. The van der Waals surface area contributed by atoms with Crippen LogP contribution in [-0.2, 0) is 4.79 Å². The minimum absolute atomic E-state index is 0.0836. The molecule has 110 valence electrons. The molecular weight excluding hydrogens is 324 g/mol. The highest BCUT2D eigenvalue weighted by Crippen LogP contribution is 2.36. The van der Waals surface area contributed by atoms with Crippen molar-refractivity contribution in [2.45, 2.75) is 26.2 Å². The zero-order valence-electron chi connectivity index (χ0n) is 11.9. The van der Waals surface area contributed by atoms with E-state index in [1.54, 1.807) is 26.5 Å².